The molecule has 2 amide bonds. The van der Waals surface area contributed by atoms with E-state index in [0.717, 1.165) is 12.1 Å². The van der Waals surface area contributed by atoms with Gasteiger partial charge in [0.05, 0.1) is 12.5 Å². The number of halogens is 1. The van der Waals surface area contributed by atoms with Crippen molar-refractivity contribution in [2.24, 2.45) is 0 Å². The van der Waals surface area contributed by atoms with Gasteiger partial charge in [-0.2, -0.15) is 0 Å². The van der Waals surface area contributed by atoms with Crippen LogP contribution in [0.2, 0.25) is 5.02 Å². The molecule has 6 heteroatoms. The maximum absolute atomic E-state index is 12.7. The Morgan fingerprint density at radius 2 is 2.00 bits per heavy atom. The number of piperazine rings is 1. The van der Waals surface area contributed by atoms with Gasteiger partial charge in [0.25, 0.3) is 0 Å². The second-order valence-electron chi connectivity index (χ2n) is 6.08. The van der Waals surface area contributed by atoms with Crippen LogP contribution in [0.4, 0.5) is 0 Å². The van der Waals surface area contributed by atoms with Crippen LogP contribution in [0.3, 0.4) is 0 Å². The summed E-state index contributed by atoms with van der Waals surface area (Å²) in [4.78, 5) is 26.1. The summed E-state index contributed by atoms with van der Waals surface area (Å²) in [5, 5.41) is 6.86. The van der Waals surface area contributed by atoms with Crippen molar-refractivity contribution in [2.75, 3.05) is 13.1 Å². The van der Waals surface area contributed by atoms with Crippen molar-refractivity contribution in [1.82, 2.24) is 15.5 Å². The topological polar surface area (TPSA) is 61.4 Å². The largest absolute Gasteiger partial charge is 0.349 e. The molecule has 1 saturated heterocycles. The van der Waals surface area contributed by atoms with Crippen molar-refractivity contribution in [1.29, 1.82) is 0 Å². The van der Waals surface area contributed by atoms with E-state index in [-0.39, 0.29) is 36.4 Å². The smallest absolute Gasteiger partial charge is 0.225 e. The molecule has 2 rings (SSSR count). The Hall–Kier alpha value is -1.59. The lowest BCUT2D eigenvalue weighted by molar-refractivity contribution is -0.135. The highest BCUT2D eigenvalue weighted by molar-refractivity contribution is 6.30. The van der Waals surface area contributed by atoms with Gasteiger partial charge >= 0.3 is 0 Å². The Kier molecular flexibility index (Phi) is 6.02. The summed E-state index contributed by atoms with van der Waals surface area (Å²) >= 11 is 5.92. The second-order valence-corrected chi connectivity index (χ2v) is 6.52. The first-order valence-corrected chi connectivity index (χ1v) is 8.31. The van der Waals surface area contributed by atoms with Crippen LogP contribution in [-0.2, 0) is 9.59 Å². The van der Waals surface area contributed by atoms with Crippen molar-refractivity contribution in [3.63, 3.8) is 0 Å². The van der Waals surface area contributed by atoms with E-state index < -0.39 is 0 Å². The fraction of sp³-hybridized carbons (Fsp3) is 0.529. The normalized spacial score (nSPS) is 22.5. The molecule has 3 atom stereocenters. The van der Waals surface area contributed by atoms with Crippen molar-refractivity contribution in [3.05, 3.63) is 34.9 Å². The van der Waals surface area contributed by atoms with Crippen LogP contribution in [0.5, 0.6) is 0 Å². The summed E-state index contributed by atoms with van der Waals surface area (Å²) in [6, 6.07) is 7.30. The number of carbonyl (C=O) groups is 2. The van der Waals surface area contributed by atoms with E-state index >= 15 is 0 Å². The highest BCUT2D eigenvalue weighted by atomic mass is 35.5. The molecule has 0 saturated carbocycles. The number of amides is 2. The van der Waals surface area contributed by atoms with E-state index in [9.17, 15) is 9.59 Å². The molecule has 0 bridgehead atoms. The number of hydrogen-bond donors (Lipinski definition) is 2. The average Bonchev–Trinajstić information content (AvgIpc) is 2.49. The first kappa shape index (κ1) is 17.8. The molecule has 5 nitrogen and oxygen atoms in total. The van der Waals surface area contributed by atoms with E-state index in [2.05, 4.69) is 17.6 Å². The van der Waals surface area contributed by atoms with Crippen LogP contribution >= 0.6 is 11.6 Å². The van der Waals surface area contributed by atoms with Gasteiger partial charge in [0.2, 0.25) is 11.8 Å². The molecule has 2 N–H and O–H groups in total. The molecule has 1 aromatic carbocycles. The third-order valence-corrected chi connectivity index (χ3v) is 4.64. The number of benzene rings is 1. The number of carbonyl (C=O) groups excluding carboxylic acids is 2. The van der Waals surface area contributed by atoms with E-state index in [1.54, 1.807) is 12.1 Å². The van der Waals surface area contributed by atoms with Crippen LogP contribution in [0.15, 0.2) is 24.3 Å². The third-order valence-electron chi connectivity index (χ3n) is 4.38. The maximum atomic E-state index is 12.7. The molecule has 0 spiro atoms. The SMILES string of the molecule is CC(=O)NC(CC(=O)N1CCNC(C)C1C)c1ccc(Cl)cc1. The summed E-state index contributed by atoms with van der Waals surface area (Å²) in [5.41, 5.74) is 0.883. The minimum atomic E-state index is -0.338. The van der Waals surface area contributed by atoms with Crippen molar-refractivity contribution in [2.45, 2.75) is 45.3 Å². The molecule has 0 aromatic heterocycles. The monoisotopic (exact) mass is 337 g/mol. The molecule has 1 heterocycles. The third kappa shape index (κ3) is 4.69. The van der Waals surface area contributed by atoms with Gasteiger partial charge in [-0.15, -0.1) is 0 Å². The van der Waals surface area contributed by atoms with Crippen molar-refractivity contribution in [3.8, 4) is 0 Å². The quantitative estimate of drug-likeness (QED) is 0.884. The van der Waals surface area contributed by atoms with Crippen molar-refractivity contribution < 1.29 is 9.59 Å². The lowest BCUT2D eigenvalue weighted by Gasteiger charge is -2.39. The molecular formula is C17H24ClN3O2. The summed E-state index contributed by atoms with van der Waals surface area (Å²) in [5.74, 6) is -0.0981. The predicted octanol–water partition coefficient (Wildman–Crippen LogP) is 2.12. The Morgan fingerprint density at radius 3 is 2.61 bits per heavy atom. The van der Waals surface area contributed by atoms with Gasteiger partial charge in [-0.05, 0) is 31.5 Å². The Bertz CT molecular complexity index is 561. The molecule has 1 fully saturated rings. The molecular weight excluding hydrogens is 314 g/mol. The second kappa shape index (κ2) is 7.79. The molecule has 126 valence electrons. The van der Waals surface area contributed by atoms with Crippen LogP contribution in [0.1, 0.15) is 38.8 Å². The average molecular weight is 338 g/mol. The standard InChI is InChI=1S/C17H24ClN3O2/c1-11-12(2)21(9-8-19-11)17(23)10-16(20-13(3)22)14-4-6-15(18)7-5-14/h4-7,11-12,16,19H,8-10H2,1-3H3,(H,20,22). The fourth-order valence-corrected chi connectivity index (χ4v) is 3.02. The summed E-state index contributed by atoms with van der Waals surface area (Å²) in [7, 11) is 0. The Labute approximate surface area is 142 Å². The van der Waals surface area contributed by atoms with Gasteiger partial charge in [-0.25, -0.2) is 0 Å². The Balaban J connectivity index is 2.12. The Morgan fingerprint density at radius 1 is 1.35 bits per heavy atom. The number of nitrogens with zero attached hydrogens (tertiary/aromatic N) is 1. The molecule has 1 aromatic rings. The molecule has 1 aliphatic rings. The molecule has 1 aliphatic heterocycles. The fourth-order valence-electron chi connectivity index (χ4n) is 2.89. The van der Waals surface area contributed by atoms with Gasteiger partial charge in [0.15, 0.2) is 0 Å². The minimum absolute atomic E-state index is 0.0551. The molecule has 23 heavy (non-hydrogen) atoms. The van der Waals surface area contributed by atoms with Gasteiger partial charge in [0, 0.05) is 37.1 Å². The van der Waals surface area contributed by atoms with E-state index in [0.29, 0.717) is 11.6 Å². The van der Waals surface area contributed by atoms with E-state index in [4.69, 9.17) is 11.6 Å². The molecule has 3 unspecified atom stereocenters. The minimum Gasteiger partial charge on any atom is -0.349 e. The van der Waals surface area contributed by atoms with Crippen LogP contribution < -0.4 is 10.6 Å². The lowest BCUT2D eigenvalue weighted by Crippen LogP contribution is -2.57. The number of hydrogen-bond acceptors (Lipinski definition) is 3. The van der Waals surface area contributed by atoms with Gasteiger partial charge in [-0.1, -0.05) is 23.7 Å². The van der Waals surface area contributed by atoms with Gasteiger partial charge in [0.1, 0.15) is 0 Å². The van der Waals surface area contributed by atoms with E-state index in [1.807, 2.05) is 24.0 Å². The zero-order valence-corrected chi connectivity index (χ0v) is 14.6. The number of nitrogens with one attached hydrogen (secondary N) is 2. The predicted molar refractivity (Wildman–Crippen MR) is 91.3 cm³/mol. The molecule has 0 aliphatic carbocycles. The van der Waals surface area contributed by atoms with Crippen molar-refractivity contribution >= 4 is 23.4 Å². The zero-order chi connectivity index (χ0) is 17.0. The first-order valence-electron chi connectivity index (χ1n) is 7.94. The summed E-state index contributed by atoms with van der Waals surface area (Å²) < 4.78 is 0. The highest BCUT2D eigenvalue weighted by Gasteiger charge is 2.29. The van der Waals surface area contributed by atoms with Gasteiger partial charge < -0.3 is 15.5 Å². The highest BCUT2D eigenvalue weighted by Crippen LogP contribution is 2.22. The summed E-state index contributed by atoms with van der Waals surface area (Å²) in [6.07, 6.45) is 0.248. The van der Waals surface area contributed by atoms with Crippen LogP contribution in [0.25, 0.3) is 0 Å². The molecule has 0 radical (unpaired) electrons. The summed E-state index contributed by atoms with van der Waals surface area (Å²) in [6.45, 7) is 7.07. The van der Waals surface area contributed by atoms with Crippen LogP contribution in [-0.4, -0.2) is 41.9 Å². The zero-order valence-electron chi connectivity index (χ0n) is 13.8. The first-order chi connectivity index (χ1) is 10.9. The number of rotatable bonds is 4. The van der Waals surface area contributed by atoms with E-state index in [1.165, 1.54) is 6.92 Å². The van der Waals surface area contributed by atoms with Gasteiger partial charge in [-0.3, -0.25) is 9.59 Å². The maximum Gasteiger partial charge on any atom is 0.225 e. The lowest BCUT2D eigenvalue weighted by atomic mass is 10.0. The van der Waals surface area contributed by atoms with Crippen LogP contribution in [0, 0.1) is 0 Å².